The predicted octanol–water partition coefficient (Wildman–Crippen LogP) is 3.09. The lowest BCUT2D eigenvalue weighted by molar-refractivity contribution is -0.172. The summed E-state index contributed by atoms with van der Waals surface area (Å²) in [7, 11) is 0. The van der Waals surface area contributed by atoms with Gasteiger partial charge in [0, 0.05) is 5.41 Å². The lowest BCUT2D eigenvalue weighted by atomic mass is 9.79. The average Bonchev–Trinajstić information content (AvgIpc) is 2.07. The molecule has 1 unspecified atom stereocenters. The Balaban J connectivity index is 2.22. The minimum atomic E-state index is 0.299. The molecule has 70 valence electrons. The highest BCUT2D eigenvalue weighted by atomic mass is 16.5. The number of aryl methyl sites for hydroxylation is 1. The SMILES string of the molecule is Cc1ccc(C2OCC2(C)C)cc1. The Morgan fingerprint density at radius 3 is 2.23 bits per heavy atom. The maximum atomic E-state index is 5.57. The Labute approximate surface area is 79.7 Å². The molecule has 0 N–H and O–H groups in total. The lowest BCUT2D eigenvalue weighted by Gasteiger charge is -2.44. The van der Waals surface area contributed by atoms with Crippen molar-refractivity contribution >= 4 is 0 Å². The quantitative estimate of drug-likeness (QED) is 0.639. The van der Waals surface area contributed by atoms with Crippen LogP contribution < -0.4 is 0 Å². The maximum Gasteiger partial charge on any atom is 0.0898 e. The molecule has 1 heteroatoms. The van der Waals surface area contributed by atoms with Crippen LogP contribution in [0.3, 0.4) is 0 Å². The van der Waals surface area contributed by atoms with E-state index >= 15 is 0 Å². The third-order valence-electron chi connectivity index (χ3n) is 2.71. The molecule has 1 heterocycles. The highest BCUT2D eigenvalue weighted by molar-refractivity contribution is 5.25. The smallest absolute Gasteiger partial charge is 0.0898 e. The van der Waals surface area contributed by atoms with E-state index in [2.05, 4.69) is 45.0 Å². The van der Waals surface area contributed by atoms with E-state index in [1.165, 1.54) is 11.1 Å². The van der Waals surface area contributed by atoms with Gasteiger partial charge in [-0.3, -0.25) is 0 Å². The van der Waals surface area contributed by atoms with Crippen molar-refractivity contribution in [3.05, 3.63) is 35.4 Å². The van der Waals surface area contributed by atoms with E-state index in [4.69, 9.17) is 4.74 Å². The van der Waals surface area contributed by atoms with Crippen molar-refractivity contribution in [1.29, 1.82) is 0 Å². The molecule has 0 aliphatic carbocycles. The highest BCUT2D eigenvalue weighted by Crippen LogP contribution is 2.45. The summed E-state index contributed by atoms with van der Waals surface area (Å²) in [5.74, 6) is 0. The van der Waals surface area contributed by atoms with E-state index in [1.54, 1.807) is 0 Å². The molecule has 0 bridgehead atoms. The van der Waals surface area contributed by atoms with Gasteiger partial charge in [-0.2, -0.15) is 0 Å². The largest absolute Gasteiger partial charge is 0.372 e. The van der Waals surface area contributed by atoms with Crippen LogP contribution in [0.1, 0.15) is 31.1 Å². The van der Waals surface area contributed by atoms with E-state index in [1.807, 2.05) is 0 Å². The molecule has 1 aliphatic rings. The second-order valence-corrected chi connectivity index (χ2v) is 4.59. The van der Waals surface area contributed by atoms with Crippen LogP contribution in [0.4, 0.5) is 0 Å². The maximum absolute atomic E-state index is 5.57. The van der Waals surface area contributed by atoms with Gasteiger partial charge in [0.05, 0.1) is 12.7 Å². The van der Waals surface area contributed by atoms with Gasteiger partial charge in [-0.1, -0.05) is 43.7 Å². The van der Waals surface area contributed by atoms with E-state index < -0.39 is 0 Å². The first-order valence-corrected chi connectivity index (χ1v) is 4.78. The van der Waals surface area contributed by atoms with Crippen LogP contribution in [-0.4, -0.2) is 6.61 Å². The second kappa shape index (κ2) is 2.85. The first-order valence-electron chi connectivity index (χ1n) is 4.78. The molecule has 1 atom stereocenters. The van der Waals surface area contributed by atoms with Gasteiger partial charge < -0.3 is 4.74 Å². The van der Waals surface area contributed by atoms with Crippen molar-refractivity contribution in [1.82, 2.24) is 0 Å². The third kappa shape index (κ3) is 1.49. The Bertz CT molecular complexity index is 297. The molecule has 1 nitrogen and oxygen atoms in total. The minimum Gasteiger partial charge on any atom is -0.372 e. The van der Waals surface area contributed by atoms with Gasteiger partial charge in [0.25, 0.3) is 0 Å². The van der Waals surface area contributed by atoms with Crippen LogP contribution in [0.5, 0.6) is 0 Å². The number of benzene rings is 1. The first kappa shape index (κ1) is 8.76. The van der Waals surface area contributed by atoms with Crippen LogP contribution in [0.15, 0.2) is 24.3 Å². The lowest BCUT2D eigenvalue weighted by Crippen LogP contribution is -2.40. The topological polar surface area (TPSA) is 9.23 Å². The zero-order valence-corrected chi connectivity index (χ0v) is 8.50. The van der Waals surface area contributed by atoms with E-state index in [-0.39, 0.29) is 0 Å². The molecule has 0 spiro atoms. The Morgan fingerprint density at radius 2 is 1.85 bits per heavy atom. The highest BCUT2D eigenvalue weighted by Gasteiger charge is 2.40. The summed E-state index contributed by atoms with van der Waals surface area (Å²) < 4.78 is 5.57. The Morgan fingerprint density at radius 1 is 1.23 bits per heavy atom. The molecule has 1 saturated heterocycles. The molecule has 0 aromatic heterocycles. The summed E-state index contributed by atoms with van der Waals surface area (Å²) in [5.41, 5.74) is 2.93. The molecular formula is C12H16O. The van der Waals surface area contributed by atoms with Crippen LogP contribution in [-0.2, 0) is 4.74 Å². The van der Waals surface area contributed by atoms with Crippen molar-refractivity contribution < 1.29 is 4.74 Å². The average molecular weight is 176 g/mol. The molecule has 13 heavy (non-hydrogen) atoms. The van der Waals surface area contributed by atoms with Crippen LogP contribution in [0.2, 0.25) is 0 Å². The Hall–Kier alpha value is -0.820. The summed E-state index contributed by atoms with van der Waals surface area (Å²) in [6.07, 6.45) is 0.299. The van der Waals surface area contributed by atoms with Gasteiger partial charge in [0.15, 0.2) is 0 Å². The molecular weight excluding hydrogens is 160 g/mol. The van der Waals surface area contributed by atoms with Crippen molar-refractivity contribution in [2.45, 2.75) is 26.9 Å². The molecule has 1 aliphatic heterocycles. The molecule has 0 saturated carbocycles. The number of hydrogen-bond donors (Lipinski definition) is 0. The standard InChI is InChI=1S/C12H16O/c1-9-4-6-10(7-5-9)11-12(2,3)8-13-11/h4-7,11H,8H2,1-3H3. The molecule has 1 aromatic rings. The first-order chi connectivity index (χ1) is 6.09. The van der Waals surface area contributed by atoms with Gasteiger partial charge in [-0.15, -0.1) is 0 Å². The summed E-state index contributed by atoms with van der Waals surface area (Å²) in [4.78, 5) is 0. The summed E-state index contributed by atoms with van der Waals surface area (Å²) in [6.45, 7) is 7.49. The molecule has 0 radical (unpaired) electrons. The normalized spacial score (nSPS) is 25.3. The Kier molecular flexibility index (Phi) is 1.92. The number of rotatable bonds is 1. The summed E-state index contributed by atoms with van der Waals surface area (Å²) in [6, 6.07) is 8.63. The van der Waals surface area contributed by atoms with Crippen molar-refractivity contribution in [2.24, 2.45) is 5.41 Å². The van der Waals surface area contributed by atoms with E-state index in [9.17, 15) is 0 Å². The molecule has 1 fully saturated rings. The molecule has 0 amide bonds. The van der Waals surface area contributed by atoms with Crippen molar-refractivity contribution in [3.8, 4) is 0 Å². The van der Waals surface area contributed by atoms with Crippen molar-refractivity contribution in [3.63, 3.8) is 0 Å². The zero-order valence-electron chi connectivity index (χ0n) is 8.50. The van der Waals surface area contributed by atoms with Gasteiger partial charge in [-0.05, 0) is 12.5 Å². The second-order valence-electron chi connectivity index (χ2n) is 4.59. The van der Waals surface area contributed by atoms with Gasteiger partial charge >= 0.3 is 0 Å². The monoisotopic (exact) mass is 176 g/mol. The van der Waals surface area contributed by atoms with E-state index in [0.717, 1.165) is 6.61 Å². The summed E-state index contributed by atoms with van der Waals surface area (Å²) in [5, 5.41) is 0. The fourth-order valence-corrected chi connectivity index (χ4v) is 1.79. The third-order valence-corrected chi connectivity index (χ3v) is 2.71. The van der Waals surface area contributed by atoms with Crippen LogP contribution in [0, 0.1) is 12.3 Å². The fraction of sp³-hybridized carbons (Fsp3) is 0.500. The number of hydrogen-bond acceptors (Lipinski definition) is 1. The molecule has 1 aromatic carbocycles. The van der Waals surface area contributed by atoms with Gasteiger partial charge in [-0.25, -0.2) is 0 Å². The van der Waals surface area contributed by atoms with Gasteiger partial charge in [0.2, 0.25) is 0 Å². The van der Waals surface area contributed by atoms with Crippen molar-refractivity contribution in [2.75, 3.05) is 6.61 Å². The predicted molar refractivity (Wildman–Crippen MR) is 53.7 cm³/mol. The zero-order chi connectivity index (χ0) is 9.47. The fourth-order valence-electron chi connectivity index (χ4n) is 1.79. The van der Waals surface area contributed by atoms with E-state index in [0.29, 0.717) is 11.5 Å². The van der Waals surface area contributed by atoms with Gasteiger partial charge in [0.1, 0.15) is 0 Å². The number of ether oxygens (including phenoxy) is 1. The molecule has 2 rings (SSSR count). The summed E-state index contributed by atoms with van der Waals surface area (Å²) >= 11 is 0. The van der Waals surface area contributed by atoms with Crippen LogP contribution >= 0.6 is 0 Å². The van der Waals surface area contributed by atoms with Crippen LogP contribution in [0.25, 0.3) is 0 Å². The minimum absolute atomic E-state index is 0.299.